The lowest BCUT2D eigenvalue weighted by atomic mass is 9.96. The molecule has 0 radical (unpaired) electrons. The standard InChI is InChI=1S/C17H21N3OS/c1-17(2,13-10-18-20(3)11-13)19-16(21)15-14-7-5-4-6-12(14)8-9-22-15/h4-7,10-11,15H,8-9H2,1-3H3,(H,19,21)/t15-/m0/s1. The molecule has 116 valence electrons. The largest absolute Gasteiger partial charge is 0.346 e. The Morgan fingerprint density at radius 2 is 2.18 bits per heavy atom. The minimum atomic E-state index is -0.432. The lowest BCUT2D eigenvalue weighted by Gasteiger charge is -2.30. The van der Waals surface area contributed by atoms with Crippen LogP contribution in [0.5, 0.6) is 0 Å². The first-order valence-electron chi connectivity index (χ1n) is 7.48. The fourth-order valence-electron chi connectivity index (χ4n) is 2.80. The molecule has 1 aromatic carbocycles. The highest BCUT2D eigenvalue weighted by molar-refractivity contribution is 8.00. The smallest absolute Gasteiger partial charge is 0.238 e. The summed E-state index contributed by atoms with van der Waals surface area (Å²) in [7, 11) is 1.88. The number of amides is 1. The zero-order valence-electron chi connectivity index (χ0n) is 13.2. The van der Waals surface area contributed by atoms with Crippen molar-refractivity contribution in [2.75, 3.05) is 5.75 Å². The van der Waals surface area contributed by atoms with Crippen LogP contribution in [0.4, 0.5) is 0 Å². The summed E-state index contributed by atoms with van der Waals surface area (Å²) in [5, 5.41) is 7.26. The molecule has 22 heavy (non-hydrogen) atoms. The van der Waals surface area contributed by atoms with Gasteiger partial charge >= 0.3 is 0 Å². The average Bonchev–Trinajstić information content (AvgIpc) is 2.94. The van der Waals surface area contributed by atoms with Crippen LogP contribution >= 0.6 is 11.8 Å². The first-order chi connectivity index (χ1) is 10.5. The van der Waals surface area contributed by atoms with Crippen molar-refractivity contribution in [3.63, 3.8) is 0 Å². The molecule has 2 heterocycles. The van der Waals surface area contributed by atoms with Crippen molar-refractivity contribution in [3.8, 4) is 0 Å². The molecule has 0 fully saturated rings. The van der Waals surface area contributed by atoms with Gasteiger partial charge in [-0.1, -0.05) is 24.3 Å². The van der Waals surface area contributed by atoms with Crippen molar-refractivity contribution in [3.05, 3.63) is 53.3 Å². The molecule has 0 saturated heterocycles. The maximum atomic E-state index is 12.8. The molecule has 1 aliphatic rings. The quantitative estimate of drug-likeness (QED) is 0.947. The second-order valence-electron chi connectivity index (χ2n) is 6.22. The zero-order chi connectivity index (χ0) is 15.7. The maximum absolute atomic E-state index is 12.8. The Hall–Kier alpha value is -1.75. The van der Waals surface area contributed by atoms with Crippen LogP contribution in [0, 0.1) is 0 Å². The molecule has 3 rings (SSSR count). The highest BCUT2D eigenvalue weighted by atomic mass is 32.2. The molecule has 1 atom stereocenters. The Bertz CT molecular complexity index is 693. The van der Waals surface area contributed by atoms with Crippen LogP contribution < -0.4 is 5.32 Å². The van der Waals surface area contributed by atoms with E-state index in [-0.39, 0.29) is 11.2 Å². The van der Waals surface area contributed by atoms with Gasteiger partial charge in [0.2, 0.25) is 5.91 Å². The Morgan fingerprint density at radius 3 is 2.91 bits per heavy atom. The van der Waals surface area contributed by atoms with E-state index in [0.717, 1.165) is 23.3 Å². The molecule has 0 bridgehead atoms. The molecule has 0 unspecified atom stereocenters. The number of rotatable bonds is 3. The predicted molar refractivity (Wildman–Crippen MR) is 89.7 cm³/mol. The number of fused-ring (bicyclic) bond motifs is 1. The Labute approximate surface area is 135 Å². The van der Waals surface area contributed by atoms with Crippen LogP contribution in [0.15, 0.2) is 36.7 Å². The van der Waals surface area contributed by atoms with Gasteiger partial charge in [-0.3, -0.25) is 9.48 Å². The number of aromatic nitrogens is 2. The lowest BCUT2D eigenvalue weighted by Crippen LogP contribution is -2.43. The van der Waals surface area contributed by atoms with E-state index in [2.05, 4.69) is 22.5 Å². The second kappa shape index (κ2) is 5.80. The van der Waals surface area contributed by atoms with Crippen LogP contribution in [-0.4, -0.2) is 21.4 Å². The summed E-state index contributed by atoms with van der Waals surface area (Å²) >= 11 is 1.72. The van der Waals surface area contributed by atoms with Crippen molar-refractivity contribution in [2.45, 2.75) is 31.1 Å². The third kappa shape index (κ3) is 2.90. The van der Waals surface area contributed by atoms with E-state index < -0.39 is 5.54 Å². The van der Waals surface area contributed by atoms with Gasteiger partial charge in [0.25, 0.3) is 0 Å². The molecule has 0 aliphatic carbocycles. The number of nitrogens with one attached hydrogen (secondary N) is 1. The van der Waals surface area contributed by atoms with E-state index in [1.807, 2.05) is 45.4 Å². The summed E-state index contributed by atoms with van der Waals surface area (Å²) in [4.78, 5) is 12.8. The first kappa shape index (κ1) is 15.2. The van der Waals surface area contributed by atoms with E-state index in [9.17, 15) is 4.79 Å². The van der Waals surface area contributed by atoms with Gasteiger partial charge < -0.3 is 5.32 Å². The number of nitrogens with zero attached hydrogens (tertiary/aromatic N) is 2. The lowest BCUT2D eigenvalue weighted by molar-refractivity contribution is -0.122. The Balaban J connectivity index is 1.81. The first-order valence-corrected chi connectivity index (χ1v) is 8.53. The minimum Gasteiger partial charge on any atom is -0.346 e. The molecule has 0 saturated carbocycles. The van der Waals surface area contributed by atoms with E-state index >= 15 is 0 Å². The third-order valence-corrected chi connectivity index (χ3v) is 5.34. The number of thioether (sulfide) groups is 1. The number of aryl methyl sites for hydroxylation is 2. The molecular weight excluding hydrogens is 294 g/mol. The highest BCUT2D eigenvalue weighted by Gasteiger charge is 2.31. The maximum Gasteiger partial charge on any atom is 0.238 e. The van der Waals surface area contributed by atoms with Gasteiger partial charge in [0.15, 0.2) is 0 Å². The molecular formula is C17H21N3OS. The van der Waals surface area contributed by atoms with Crippen LogP contribution in [0.25, 0.3) is 0 Å². The molecule has 1 aliphatic heterocycles. The fraction of sp³-hybridized carbons (Fsp3) is 0.412. The van der Waals surface area contributed by atoms with Gasteiger partial charge in [-0.2, -0.15) is 5.10 Å². The summed E-state index contributed by atoms with van der Waals surface area (Å²) in [5.41, 5.74) is 3.02. The normalized spacial score (nSPS) is 17.9. The van der Waals surface area contributed by atoms with Crippen molar-refractivity contribution < 1.29 is 4.79 Å². The fourth-order valence-corrected chi connectivity index (χ4v) is 3.99. The van der Waals surface area contributed by atoms with Crippen LogP contribution in [0.2, 0.25) is 0 Å². The van der Waals surface area contributed by atoms with Crippen molar-refractivity contribution in [2.24, 2.45) is 7.05 Å². The summed E-state index contributed by atoms with van der Waals surface area (Å²) in [5.74, 6) is 1.06. The molecule has 1 aromatic heterocycles. The monoisotopic (exact) mass is 315 g/mol. The van der Waals surface area contributed by atoms with Crippen molar-refractivity contribution >= 4 is 17.7 Å². The highest BCUT2D eigenvalue weighted by Crippen LogP contribution is 2.37. The van der Waals surface area contributed by atoms with Gasteiger partial charge in [-0.05, 0) is 37.1 Å². The average molecular weight is 315 g/mol. The number of hydrogen-bond donors (Lipinski definition) is 1. The number of benzene rings is 1. The van der Waals surface area contributed by atoms with E-state index in [1.165, 1.54) is 5.56 Å². The summed E-state index contributed by atoms with van der Waals surface area (Å²) < 4.78 is 1.76. The van der Waals surface area contributed by atoms with Gasteiger partial charge in [-0.25, -0.2) is 0 Å². The molecule has 1 amide bonds. The molecule has 2 aromatic rings. The van der Waals surface area contributed by atoms with E-state index in [1.54, 1.807) is 16.4 Å². The molecule has 4 nitrogen and oxygen atoms in total. The van der Waals surface area contributed by atoms with Crippen molar-refractivity contribution in [1.29, 1.82) is 0 Å². The zero-order valence-corrected chi connectivity index (χ0v) is 14.0. The van der Waals surface area contributed by atoms with Crippen LogP contribution in [0.3, 0.4) is 0 Å². The Morgan fingerprint density at radius 1 is 1.41 bits per heavy atom. The number of carbonyl (C=O) groups excluding carboxylic acids is 1. The summed E-state index contributed by atoms with van der Waals surface area (Å²) in [6.07, 6.45) is 4.79. The van der Waals surface area contributed by atoms with Gasteiger partial charge in [-0.15, -0.1) is 11.8 Å². The van der Waals surface area contributed by atoms with Gasteiger partial charge in [0, 0.05) is 18.8 Å². The SMILES string of the molecule is Cn1cc(C(C)(C)NC(=O)[C@H]2SCCc3ccccc32)cn1. The van der Waals surface area contributed by atoms with Crippen LogP contribution in [-0.2, 0) is 23.8 Å². The third-order valence-electron chi connectivity index (χ3n) is 4.09. The Kier molecular flexibility index (Phi) is 4.00. The van der Waals surface area contributed by atoms with E-state index in [0.29, 0.717) is 0 Å². The van der Waals surface area contributed by atoms with Gasteiger partial charge in [0.1, 0.15) is 5.25 Å². The molecule has 1 N–H and O–H groups in total. The minimum absolute atomic E-state index is 0.0750. The number of hydrogen-bond acceptors (Lipinski definition) is 3. The second-order valence-corrected chi connectivity index (χ2v) is 7.43. The van der Waals surface area contributed by atoms with Gasteiger partial charge in [0.05, 0.1) is 11.7 Å². The molecule has 5 heteroatoms. The summed E-state index contributed by atoms with van der Waals surface area (Å²) in [6.45, 7) is 4.03. The predicted octanol–water partition coefficient (Wildman–Crippen LogP) is 2.80. The number of carbonyl (C=O) groups is 1. The summed E-state index contributed by atoms with van der Waals surface area (Å²) in [6, 6.07) is 8.25. The van der Waals surface area contributed by atoms with Crippen LogP contribution in [0.1, 0.15) is 35.8 Å². The molecule has 0 spiro atoms. The van der Waals surface area contributed by atoms with E-state index in [4.69, 9.17) is 0 Å². The topological polar surface area (TPSA) is 46.9 Å². The van der Waals surface area contributed by atoms with Crippen molar-refractivity contribution in [1.82, 2.24) is 15.1 Å².